The number of hydrogen-bond donors (Lipinski definition) is 2. The minimum absolute atomic E-state index is 0.0251. The number of aryl methyl sites for hydroxylation is 1. The molecule has 2 N–H and O–H groups in total. The van der Waals surface area contributed by atoms with Crippen LogP contribution >= 0.6 is 0 Å². The quantitative estimate of drug-likeness (QED) is 0.763. The minimum atomic E-state index is -0.337. The second kappa shape index (κ2) is 9.70. The first-order chi connectivity index (χ1) is 11.3. The highest BCUT2D eigenvalue weighted by Crippen LogP contribution is 2.08. The molecule has 0 aromatic heterocycles. The fourth-order valence-electron chi connectivity index (χ4n) is 2.17. The molecular formula is C18H27N3O3. The summed E-state index contributed by atoms with van der Waals surface area (Å²) in [7, 11) is 0. The number of hydrogen-bond acceptors (Lipinski definition) is 3. The van der Waals surface area contributed by atoms with Crippen LogP contribution in [0.1, 0.15) is 32.8 Å². The van der Waals surface area contributed by atoms with Crippen LogP contribution in [0.5, 0.6) is 0 Å². The van der Waals surface area contributed by atoms with E-state index in [9.17, 15) is 14.4 Å². The maximum absolute atomic E-state index is 12.0. The highest BCUT2D eigenvalue weighted by atomic mass is 16.2. The number of nitrogens with zero attached hydrogens (tertiary/aromatic N) is 1. The summed E-state index contributed by atoms with van der Waals surface area (Å²) in [6.45, 7) is 8.08. The van der Waals surface area contributed by atoms with Gasteiger partial charge in [-0.05, 0) is 25.0 Å². The Balaban J connectivity index is 2.44. The highest BCUT2D eigenvalue weighted by Gasteiger charge is 2.17. The van der Waals surface area contributed by atoms with Gasteiger partial charge in [0.25, 0.3) is 0 Å². The number of anilines is 1. The maximum Gasteiger partial charge on any atom is 0.243 e. The van der Waals surface area contributed by atoms with Gasteiger partial charge in [0.1, 0.15) is 0 Å². The van der Waals surface area contributed by atoms with Crippen molar-refractivity contribution in [1.29, 1.82) is 0 Å². The van der Waals surface area contributed by atoms with Crippen LogP contribution < -0.4 is 10.6 Å². The fraction of sp³-hybridized carbons (Fsp3) is 0.500. The molecule has 0 radical (unpaired) electrons. The van der Waals surface area contributed by atoms with Crippen LogP contribution in [0.25, 0.3) is 0 Å². The third-order valence-electron chi connectivity index (χ3n) is 3.36. The highest BCUT2D eigenvalue weighted by molar-refractivity contribution is 5.95. The zero-order valence-corrected chi connectivity index (χ0v) is 14.9. The summed E-state index contributed by atoms with van der Waals surface area (Å²) in [6.07, 6.45) is 0.355. The molecule has 0 atom stereocenters. The first-order valence-electron chi connectivity index (χ1n) is 8.22. The number of rotatable bonds is 8. The molecule has 6 nitrogen and oxygen atoms in total. The van der Waals surface area contributed by atoms with Crippen molar-refractivity contribution in [3.8, 4) is 0 Å². The lowest BCUT2D eigenvalue weighted by atomic mass is 10.2. The molecular weight excluding hydrogens is 306 g/mol. The molecule has 1 aromatic rings. The SMILES string of the molecule is CCC(=O)N(CC(=O)NCC(=O)Nc1ccc(C)cc1)CC(C)C. The van der Waals surface area contributed by atoms with Crippen molar-refractivity contribution < 1.29 is 14.4 Å². The molecule has 1 aromatic carbocycles. The Kier molecular flexibility index (Phi) is 7.95. The average molecular weight is 333 g/mol. The summed E-state index contributed by atoms with van der Waals surface area (Å²) >= 11 is 0. The molecule has 132 valence electrons. The zero-order chi connectivity index (χ0) is 18.1. The van der Waals surface area contributed by atoms with Crippen molar-refractivity contribution in [3.05, 3.63) is 29.8 Å². The normalized spacial score (nSPS) is 10.4. The number of amides is 3. The van der Waals surface area contributed by atoms with Gasteiger partial charge in [-0.15, -0.1) is 0 Å². The molecule has 6 heteroatoms. The van der Waals surface area contributed by atoms with E-state index < -0.39 is 0 Å². The molecule has 0 aliphatic rings. The summed E-state index contributed by atoms with van der Waals surface area (Å²) in [5.41, 5.74) is 1.79. The number of benzene rings is 1. The van der Waals surface area contributed by atoms with Crippen LogP contribution in [-0.4, -0.2) is 42.3 Å². The maximum atomic E-state index is 12.0. The molecule has 0 bridgehead atoms. The summed E-state index contributed by atoms with van der Waals surface area (Å²) in [5, 5.41) is 5.26. The second-order valence-electron chi connectivity index (χ2n) is 6.21. The van der Waals surface area contributed by atoms with Gasteiger partial charge in [0, 0.05) is 18.7 Å². The van der Waals surface area contributed by atoms with E-state index in [1.54, 1.807) is 19.1 Å². The van der Waals surface area contributed by atoms with Crippen molar-refractivity contribution in [1.82, 2.24) is 10.2 Å². The van der Waals surface area contributed by atoms with Gasteiger partial charge in [-0.2, -0.15) is 0 Å². The van der Waals surface area contributed by atoms with Crippen LogP contribution in [0.2, 0.25) is 0 Å². The predicted molar refractivity (Wildman–Crippen MR) is 94.5 cm³/mol. The van der Waals surface area contributed by atoms with Crippen molar-refractivity contribution in [3.63, 3.8) is 0 Å². The van der Waals surface area contributed by atoms with E-state index in [0.717, 1.165) is 5.56 Å². The Morgan fingerprint density at radius 1 is 1.08 bits per heavy atom. The van der Waals surface area contributed by atoms with Gasteiger partial charge >= 0.3 is 0 Å². The van der Waals surface area contributed by atoms with Gasteiger partial charge in [0.15, 0.2) is 0 Å². The summed E-state index contributed by atoms with van der Waals surface area (Å²) < 4.78 is 0. The van der Waals surface area contributed by atoms with E-state index in [4.69, 9.17) is 0 Å². The lowest BCUT2D eigenvalue weighted by Crippen LogP contribution is -2.44. The summed E-state index contributed by atoms with van der Waals surface area (Å²) in [4.78, 5) is 37.2. The largest absolute Gasteiger partial charge is 0.345 e. The van der Waals surface area contributed by atoms with Gasteiger partial charge in [0.2, 0.25) is 17.7 Å². The van der Waals surface area contributed by atoms with Crippen molar-refractivity contribution >= 4 is 23.4 Å². The molecule has 0 aliphatic heterocycles. The van der Waals surface area contributed by atoms with Gasteiger partial charge in [-0.25, -0.2) is 0 Å². The predicted octanol–water partition coefficient (Wildman–Crippen LogP) is 1.94. The number of nitrogens with one attached hydrogen (secondary N) is 2. The summed E-state index contributed by atoms with van der Waals surface area (Å²) in [6, 6.07) is 7.40. The molecule has 0 spiro atoms. The fourth-order valence-corrected chi connectivity index (χ4v) is 2.17. The van der Waals surface area contributed by atoms with Crippen LogP contribution in [0, 0.1) is 12.8 Å². The Morgan fingerprint density at radius 2 is 1.71 bits per heavy atom. The van der Waals surface area contributed by atoms with E-state index in [1.807, 2.05) is 32.9 Å². The van der Waals surface area contributed by atoms with Crippen LogP contribution in [0.3, 0.4) is 0 Å². The molecule has 0 heterocycles. The standard InChI is InChI=1S/C18H27N3O3/c1-5-18(24)21(11-13(2)3)12-17(23)19-10-16(22)20-15-8-6-14(4)7-9-15/h6-9,13H,5,10-12H2,1-4H3,(H,19,23)(H,20,22). The lowest BCUT2D eigenvalue weighted by molar-refractivity contribution is -0.136. The van der Waals surface area contributed by atoms with E-state index in [2.05, 4.69) is 10.6 Å². The Labute approximate surface area is 143 Å². The molecule has 0 saturated heterocycles. The Morgan fingerprint density at radius 3 is 2.25 bits per heavy atom. The topological polar surface area (TPSA) is 78.5 Å². The Hall–Kier alpha value is -2.37. The molecule has 0 unspecified atom stereocenters. The molecule has 0 fully saturated rings. The Bertz CT molecular complexity index is 567. The molecule has 0 aliphatic carbocycles. The minimum Gasteiger partial charge on any atom is -0.345 e. The first kappa shape index (κ1) is 19.7. The van der Waals surface area contributed by atoms with Crippen LogP contribution in [0.15, 0.2) is 24.3 Å². The molecule has 0 saturated carbocycles. The van der Waals surface area contributed by atoms with E-state index in [1.165, 1.54) is 4.90 Å². The van der Waals surface area contributed by atoms with Gasteiger partial charge in [-0.1, -0.05) is 38.5 Å². The number of carbonyl (C=O) groups excluding carboxylic acids is 3. The van der Waals surface area contributed by atoms with Gasteiger partial charge < -0.3 is 15.5 Å². The van der Waals surface area contributed by atoms with Crippen molar-refractivity contribution in [2.75, 3.05) is 25.0 Å². The third kappa shape index (κ3) is 7.26. The van der Waals surface area contributed by atoms with E-state index >= 15 is 0 Å². The van der Waals surface area contributed by atoms with Gasteiger partial charge in [0.05, 0.1) is 13.1 Å². The summed E-state index contributed by atoms with van der Waals surface area (Å²) in [5.74, 6) is -0.429. The van der Waals surface area contributed by atoms with Crippen LogP contribution in [-0.2, 0) is 14.4 Å². The zero-order valence-electron chi connectivity index (χ0n) is 14.9. The monoisotopic (exact) mass is 333 g/mol. The van der Waals surface area contributed by atoms with Crippen LogP contribution in [0.4, 0.5) is 5.69 Å². The van der Waals surface area contributed by atoms with E-state index in [-0.39, 0.29) is 36.7 Å². The van der Waals surface area contributed by atoms with Crippen molar-refractivity contribution in [2.45, 2.75) is 34.1 Å². The first-order valence-corrected chi connectivity index (χ1v) is 8.22. The van der Waals surface area contributed by atoms with Gasteiger partial charge in [-0.3, -0.25) is 14.4 Å². The molecule has 24 heavy (non-hydrogen) atoms. The average Bonchev–Trinajstić information content (AvgIpc) is 2.53. The number of carbonyl (C=O) groups is 3. The smallest absolute Gasteiger partial charge is 0.243 e. The molecule has 3 amide bonds. The van der Waals surface area contributed by atoms with E-state index in [0.29, 0.717) is 18.7 Å². The second-order valence-corrected chi connectivity index (χ2v) is 6.21. The molecule has 1 rings (SSSR count). The third-order valence-corrected chi connectivity index (χ3v) is 3.36. The lowest BCUT2D eigenvalue weighted by Gasteiger charge is -2.23. The van der Waals surface area contributed by atoms with Crippen molar-refractivity contribution in [2.24, 2.45) is 5.92 Å².